The van der Waals surface area contributed by atoms with E-state index < -0.39 is 0 Å². The fourth-order valence-electron chi connectivity index (χ4n) is 2.77. The zero-order chi connectivity index (χ0) is 10.9. The molecule has 0 spiro atoms. The lowest BCUT2D eigenvalue weighted by atomic mass is 9.67. The van der Waals surface area contributed by atoms with Gasteiger partial charge in [0.1, 0.15) is 0 Å². The lowest BCUT2D eigenvalue weighted by Crippen LogP contribution is -2.53. The van der Waals surface area contributed by atoms with Gasteiger partial charge in [-0.25, -0.2) is 0 Å². The van der Waals surface area contributed by atoms with Gasteiger partial charge in [0.05, 0.1) is 0 Å². The molecule has 82 valence electrons. The minimum absolute atomic E-state index is 0.00560. The molecule has 0 aromatic heterocycles. The van der Waals surface area contributed by atoms with E-state index in [1.807, 2.05) is 0 Å². The van der Waals surface area contributed by atoms with E-state index in [2.05, 4.69) is 44.2 Å². The van der Waals surface area contributed by atoms with Gasteiger partial charge in [-0.1, -0.05) is 57.0 Å². The van der Waals surface area contributed by atoms with Crippen molar-refractivity contribution in [3.8, 4) is 0 Å². The molecule has 1 heteroatoms. The first kappa shape index (κ1) is 10.7. The second-order valence-corrected chi connectivity index (χ2v) is 5.35. The number of hydrogen-bond donors (Lipinski definition) is 1. The van der Waals surface area contributed by atoms with Crippen LogP contribution in [0.3, 0.4) is 0 Å². The molecule has 0 bridgehead atoms. The molecule has 0 saturated heterocycles. The van der Waals surface area contributed by atoms with Gasteiger partial charge in [0.15, 0.2) is 0 Å². The van der Waals surface area contributed by atoms with Crippen LogP contribution in [-0.4, -0.2) is 5.54 Å². The average molecular weight is 203 g/mol. The zero-order valence-electron chi connectivity index (χ0n) is 9.79. The van der Waals surface area contributed by atoms with Gasteiger partial charge in [-0.3, -0.25) is 0 Å². The highest BCUT2D eigenvalue weighted by Gasteiger charge is 2.44. The monoisotopic (exact) mass is 203 g/mol. The van der Waals surface area contributed by atoms with E-state index in [1.54, 1.807) is 0 Å². The number of benzene rings is 1. The van der Waals surface area contributed by atoms with Crippen LogP contribution in [0.15, 0.2) is 30.3 Å². The van der Waals surface area contributed by atoms with Crippen molar-refractivity contribution in [3.63, 3.8) is 0 Å². The van der Waals surface area contributed by atoms with Gasteiger partial charge >= 0.3 is 0 Å². The van der Waals surface area contributed by atoms with E-state index in [0.29, 0.717) is 0 Å². The molecule has 1 aliphatic carbocycles. The van der Waals surface area contributed by atoms with Crippen molar-refractivity contribution in [1.82, 2.24) is 0 Å². The lowest BCUT2D eigenvalue weighted by Gasteiger charge is -2.42. The predicted octanol–water partition coefficient (Wildman–Crippen LogP) is 3.24. The highest BCUT2D eigenvalue weighted by atomic mass is 14.8. The summed E-state index contributed by atoms with van der Waals surface area (Å²) in [5.41, 5.74) is 8.02. The highest BCUT2D eigenvalue weighted by molar-refractivity contribution is 5.29. The van der Waals surface area contributed by atoms with Crippen molar-refractivity contribution in [1.29, 1.82) is 0 Å². The summed E-state index contributed by atoms with van der Waals surface area (Å²) in [5.74, 6) is 0. The molecule has 0 atom stereocenters. The largest absolute Gasteiger partial charge is 0.324 e. The van der Waals surface area contributed by atoms with Gasteiger partial charge in [-0.05, 0) is 18.4 Å². The minimum Gasteiger partial charge on any atom is -0.324 e. The number of rotatable bonds is 2. The summed E-state index contributed by atoms with van der Waals surface area (Å²) in [6, 6.07) is 10.7. The molecule has 1 nitrogen and oxygen atoms in total. The van der Waals surface area contributed by atoms with Crippen molar-refractivity contribution in [2.45, 2.75) is 50.5 Å². The third kappa shape index (κ3) is 1.69. The van der Waals surface area contributed by atoms with E-state index in [1.165, 1.54) is 18.4 Å². The molecule has 0 radical (unpaired) electrons. The van der Waals surface area contributed by atoms with Crippen molar-refractivity contribution >= 4 is 0 Å². The molecule has 0 heterocycles. The quantitative estimate of drug-likeness (QED) is 0.784. The fourth-order valence-corrected chi connectivity index (χ4v) is 2.77. The van der Waals surface area contributed by atoms with Gasteiger partial charge in [0, 0.05) is 11.0 Å². The van der Waals surface area contributed by atoms with Gasteiger partial charge in [0.2, 0.25) is 0 Å². The second-order valence-electron chi connectivity index (χ2n) is 5.35. The second kappa shape index (κ2) is 3.64. The van der Waals surface area contributed by atoms with Crippen molar-refractivity contribution in [3.05, 3.63) is 35.9 Å². The van der Waals surface area contributed by atoms with Gasteiger partial charge in [-0.2, -0.15) is 0 Å². The van der Waals surface area contributed by atoms with Crippen LogP contribution in [0.5, 0.6) is 0 Å². The maximum absolute atomic E-state index is 6.57. The van der Waals surface area contributed by atoms with Crippen LogP contribution in [0.4, 0.5) is 0 Å². The summed E-state index contributed by atoms with van der Waals surface area (Å²) in [6.45, 7) is 4.57. The lowest BCUT2D eigenvalue weighted by molar-refractivity contribution is 0.261. The summed E-state index contributed by atoms with van der Waals surface area (Å²) in [5, 5.41) is 0. The SMILES string of the molecule is CC(C)(c1ccccc1)C1(N)CCCC1. The summed E-state index contributed by atoms with van der Waals surface area (Å²) >= 11 is 0. The molecule has 15 heavy (non-hydrogen) atoms. The zero-order valence-corrected chi connectivity index (χ0v) is 9.79. The summed E-state index contributed by atoms with van der Waals surface area (Å²) in [7, 11) is 0. The summed E-state index contributed by atoms with van der Waals surface area (Å²) in [6.07, 6.45) is 4.89. The molecule has 0 amide bonds. The number of nitrogens with two attached hydrogens (primary N) is 1. The minimum atomic E-state index is -0.00560. The van der Waals surface area contributed by atoms with Crippen LogP contribution in [0, 0.1) is 0 Å². The van der Waals surface area contributed by atoms with E-state index in [9.17, 15) is 0 Å². The van der Waals surface area contributed by atoms with Crippen molar-refractivity contribution < 1.29 is 0 Å². The first-order valence-corrected chi connectivity index (χ1v) is 5.91. The predicted molar refractivity (Wildman–Crippen MR) is 64.9 cm³/mol. The van der Waals surface area contributed by atoms with Crippen LogP contribution in [0.2, 0.25) is 0 Å². The molecule has 2 N–H and O–H groups in total. The molecule has 1 saturated carbocycles. The molecule has 2 rings (SSSR count). The molecule has 1 aliphatic rings. The molecular formula is C14H21N. The Hall–Kier alpha value is -0.820. The molecule has 0 aliphatic heterocycles. The van der Waals surface area contributed by atoms with Crippen LogP contribution in [0.25, 0.3) is 0 Å². The molecule has 1 fully saturated rings. The Morgan fingerprint density at radius 3 is 2.13 bits per heavy atom. The van der Waals surface area contributed by atoms with Crippen LogP contribution in [0.1, 0.15) is 45.1 Å². The van der Waals surface area contributed by atoms with E-state index in [-0.39, 0.29) is 11.0 Å². The fraction of sp³-hybridized carbons (Fsp3) is 0.571. The summed E-state index contributed by atoms with van der Waals surface area (Å²) in [4.78, 5) is 0. The third-order valence-corrected chi connectivity index (χ3v) is 4.24. The van der Waals surface area contributed by atoms with Crippen LogP contribution >= 0.6 is 0 Å². The highest BCUT2D eigenvalue weighted by Crippen LogP contribution is 2.43. The Morgan fingerprint density at radius 1 is 1.07 bits per heavy atom. The van der Waals surface area contributed by atoms with Crippen molar-refractivity contribution in [2.75, 3.05) is 0 Å². The Bertz CT molecular complexity index is 320. The number of hydrogen-bond acceptors (Lipinski definition) is 1. The first-order chi connectivity index (χ1) is 7.06. The third-order valence-electron chi connectivity index (χ3n) is 4.24. The average Bonchev–Trinajstić information content (AvgIpc) is 2.68. The first-order valence-electron chi connectivity index (χ1n) is 5.91. The van der Waals surface area contributed by atoms with E-state index >= 15 is 0 Å². The van der Waals surface area contributed by atoms with Gasteiger partial charge in [-0.15, -0.1) is 0 Å². The summed E-state index contributed by atoms with van der Waals surface area (Å²) < 4.78 is 0. The maximum atomic E-state index is 6.57. The van der Waals surface area contributed by atoms with Gasteiger partial charge in [0.25, 0.3) is 0 Å². The van der Waals surface area contributed by atoms with Crippen LogP contribution in [-0.2, 0) is 5.41 Å². The van der Waals surface area contributed by atoms with E-state index in [0.717, 1.165) is 12.8 Å². The normalized spacial score (nSPS) is 20.5. The van der Waals surface area contributed by atoms with Gasteiger partial charge < -0.3 is 5.73 Å². The Kier molecular flexibility index (Phi) is 2.59. The van der Waals surface area contributed by atoms with Crippen molar-refractivity contribution in [2.24, 2.45) is 5.73 Å². The van der Waals surface area contributed by atoms with Crippen LogP contribution < -0.4 is 5.73 Å². The molecule has 1 aromatic rings. The van der Waals surface area contributed by atoms with E-state index in [4.69, 9.17) is 5.73 Å². The standard InChI is InChI=1S/C14H21N/c1-13(2,12-8-4-3-5-9-12)14(15)10-6-7-11-14/h3-5,8-9H,6-7,10-11,15H2,1-2H3. The Morgan fingerprint density at radius 2 is 1.60 bits per heavy atom. The molecular weight excluding hydrogens is 182 g/mol. The smallest absolute Gasteiger partial charge is 0.0246 e. The Labute approximate surface area is 92.7 Å². The molecule has 1 aromatic carbocycles. The topological polar surface area (TPSA) is 26.0 Å². The Balaban J connectivity index is 2.34. The molecule has 0 unspecified atom stereocenters. The maximum Gasteiger partial charge on any atom is 0.0246 e.